The Morgan fingerprint density at radius 1 is 1.05 bits per heavy atom. The normalized spacial score (nSPS) is 10.5. The lowest BCUT2D eigenvalue weighted by Gasteiger charge is -2.06. The topological polar surface area (TPSA) is 48.7 Å². The average molecular weight is 282 g/mol. The lowest BCUT2D eigenvalue weighted by atomic mass is 10.2. The van der Waals surface area contributed by atoms with E-state index in [4.69, 9.17) is 13.9 Å². The molecule has 0 N–H and O–H groups in total. The summed E-state index contributed by atoms with van der Waals surface area (Å²) in [5.41, 5.74) is 0.977. The zero-order chi connectivity index (χ0) is 14.7. The first-order valence-corrected chi connectivity index (χ1v) is 6.55. The molecule has 0 fully saturated rings. The van der Waals surface area contributed by atoms with Crippen molar-refractivity contribution in [2.45, 2.75) is 6.61 Å². The van der Waals surface area contributed by atoms with Crippen LogP contribution < -0.4 is 15.1 Å². The van der Waals surface area contributed by atoms with Gasteiger partial charge in [0.2, 0.25) is 5.75 Å². The van der Waals surface area contributed by atoms with Gasteiger partial charge < -0.3 is 13.9 Å². The van der Waals surface area contributed by atoms with Crippen LogP contribution in [0.1, 0.15) is 5.56 Å². The molecule has 0 unspecified atom stereocenters. The molecule has 0 atom stereocenters. The molecule has 0 bridgehead atoms. The highest BCUT2D eigenvalue weighted by Gasteiger charge is 2.07. The van der Waals surface area contributed by atoms with Gasteiger partial charge in [-0.3, -0.25) is 0 Å². The van der Waals surface area contributed by atoms with Crippen molar-refractivity contribution in [2.75, 3.05) is 7.11 Å². The minimum Gasteiger partial charge on any atom is -0.497 e. The van der Waals surface area contributed by atoms with Crippen LogP contribution in [0.5, 0.6) is 11.5 Å². The SMILES string of the molecule is COc1ccc2cc(OCc3ccccc3)c(=O)oc2c1. The largest absolute Gasteiger partial charge is 0.497 e. The lowest BCUT2D eigenvalue weighted by Crippen LogP contribution is -2.06. The Balaban J connectivity index is 1.89. The van der Waals surface area contributed by atoms with Crippen molar-refractivity contribution in [1.82, 2.24) is 0 Å². The van der Waals surface area contributed by atoms with Crippen molar-refractivity contribution < 1.29 is 13.9 Å². The van der Waals surface area contributed by atoms with Crippen LogP contribution in [-0.2, 0) is 6.61 Å². The number of fused-ring (bicyclic) bond motifs is 1. The molecule has 0 aliphatic carbocycles. The highest BCUT2D eigenvalue weighted by atomic mass is 16.5. The van der Waals surface area contributed by atoms with E-state index in [-0.39, 0.29) is 5.75 Å². The highest BCUT2D eigenvalue weighted by molar-refractivity contribution is 5.79. The van der Waals surface area contributed by atoms with Gasteiger partial charge in [0.15, 0.2) is 0 Å². The Morgan fingerprint density at radius 2 is 1.86 bits per heavy atom. The number of rotatable bonds is 4. The van der Waals surface area contributed by atoms with Gasteiger partial charge in [0.25, 0.3) is 0 Å². The third-order valence-corrected chi connectivity index (χ3v) is 3.15. The fourth-order valence-electron chi connectivity index (χ4n) is 2.04. The molecule has 0 radical (unpaired) electrons. The summed E-state index contributed by atoms with van der Waals surface area (Å²) in [4.78, 5) is 11.9. The van der Waals surface area contributed by atoms with Crippen molar-refractivity contribution in [1.29, 1.82) is 0 Å². The molecular formula is C17H14O4. The first-order chi connectivity index (χ1) is 10.3. The number of methoxy groups -OCH3 is 1. The van der Waals surface area contributed by atoms with Crippen LogP contribution in [0.25, 0.3) is 11.0 Å². The second-order valence-electron chi connectivity index (χ2n) is 4.58. The summed E-state index contributed by atoms with van der Waals surface area (Å²) in [7, 11) is 1.57. The van der Waals surface area contributed by atoms with Gasteiger partial charge in [0.1, 0.15) is 17.9 Å². The number of hydrogen-bond acceptors (Lipinski definition) is 4. The van der Waals surface area contributed by atoms with E-state index in [0.717, 1.165) is 10.9 Å². The van der Waals surface area contributed by atoms with E-state index in [1.54, 1.807) is 19.2 Å². The van der Waals surface area contributed by atoms with E-state index < -0.39 is 5.63 Å². The minimum atomic E-state index is -0.494. The lowest BCUT2D eigenvalue weighted by molar-refractivity contribution is 0.291. The summed E-state index contributed by atoms with van der Waals surface area (Å²) < 4.78 is 15.9. The van der Waals surface area contributed by atoms with Crippen molar-refractivity contribution >= 4 is 11.0 Å². The van der Waals surface area contributed by atoms with Crippen LogP contribution in [0.15, 0.2) is 63.8 Å². The Hall–Kier alpha value is -2.75. The Labute approximate surface area is 121 Å². The van der Waals surface area contributed by atoms with Gasteiger partial charge in [0, 0.05) is 11.5 Å². The average Bonchev–Trinajstić information content (AvgIpc) is 2.53. The molecule has 106 valence electrons. The molecule has 0 amide bonds. The molecule has 0 spiro atoms. The molecule has 2 aromatic carbocycles. The first kappa shape index (κ1) is 13.2. The van der Waals surface area contributed by atoms with Gasteiger partial charge in [-0.1, -0.05) is 30.3 Å². The standard InChI is InChI=1S/C17H14O4/c1-19-14-8-7-13-9-16(17(18)21-15(13)10-14)20-11-12-5-3-2-4-6-12/h2-10H,11H2,1H3. The maximum absolute atomic E-state index is 11.9. The van der Waals surface area contributed by atoms with Crippen LogP contribution in [-0.4, -0.2) is 7.11 Å². The van der Waals surface area contributed by atoms with Gasteiger partial charge in [-0.2, -0.15) is 0 Å². The Bertz CT molecular complexity index is 806. The van der Waals surface area contributed by atoms with Crippen molar-refractivity contribution in [3.8, 4) is 11.5 Å². The number of ether oxygens (including phenoxy) is 2. The summed E-state index contributed by atoms with van der Waals surface area (Å²) in [6.07, 6.45) is 0. The molecule has 4 nitrogen and oxygen atoms in total. The molecule has 1 heterocycles. The first-order valence-electron chi connectivity index (χ1n) is 6.55. The summed E-state index contributed by atoms with van der Waals surface area (Å²) in [6.45, 7) is 0.327. The van der Waals surface area contributed by atoms with Crippen molar-refractivity contribution in [3.63, 3.8) is 0 Å². The molecular weight excluding hydrogens is 268 g/mol. The monoisotopic (exact) mass is 282 g/mol. The Morgan fingerprint density at radius 3 is 2.62 bits per heavy atom. The minimum absolute atomic E-state index is 0.205. The van der Waals surface area contributed by atoms with E-state index in [1.807, 2.05) is 42.5 Å². The fourth-order valence-corrected chi connectivity index (χ4v) is 2.04. The number of hydrogen-bond donors (Lipinski definition) is 0. The predicted molar refractivity (Wildman–Crippen MR) is 79.8 cm³/mol. The van der Waals surface area contributed by atoms with E-state index in [2.05, 4.69) is 0 Å². The van der Waals surface area contributed by atoms with E-state index in [1.165, 1.54) is 0 Å². The zero-order valence-corrected chi connectivity index (χ0v) is 11.5. The third-order valence-electron chi connectivity index (χ3n) is 3.15. The van der Waals surface area contributed by atoms with E-state index in [9.17, 15) is 4.79 Å². The summed E-state index contributed by atoms with van der Waals surface area (Å²) in [5.74, 6) is 0.847. The van der Waals surface area contributed by atoms with Crippen LogP contribution >= 0.6 is 0 Å². The molecule has 21 heavy (non-hydrogen) atoms. The molecule has 3 aromatic rings. The second-order valence-corrected chi connectivity index (χ2v) is 4.58. The molecule has 0 saturated heterocycles. The summed E-state index contributed by atoms with van der Waals surface area (Å²) >= 11 is 0. The van der Waals surface area contributed by atoms with Crippen molar-refractivity contribution in [2.24, 2.45) is 0 Å². The molecule has 3 rings (SSSR count). The van der Waals surface area contributed by atoms with Gasteiger partial charge in [-0.15, -0.1) is 0 Å². The summed E-state index contributed by atoms with van der Waals surface area (Å²) in [5, 5.41) is 0.790. The zero-order valence-electron chi connectivity index (χ0n) is 11.5. The van der Waals surface area contributed by atoms with E-state index >= 15 is 0 Å². The van der Waals surface area contributed by atoms with Gasteiger partial charge in [-0.05, 0) is 23.8 Å². The van der Waals surface area contributed by atoms with Crippen LogP contribution in [0.4, 0.5) is 0 Å². The van der Waals surface area contributed by atoms with Crippen LogP contribution in [0, 0.1) is 0 Å². The second kappa shape index (κ2) is 5.71. The van der Waals surface area contributed by atoms with Gasteiger partial charge in [-0.25, -0.2) is 4.79 Å². The fraction of sp³-hybridized carbons (Fsp3) is 0.118. The number of benzene rings is 2. The van der Waals surface area contributed by atoms with Gasteiger partial charge in [0.05, 0.1) is 7.11 Å². The van der Waals surface area contributed by atoms with Crippen LogP contribution in [0.3, 0.4) is 0 Å². The summed E-state index contributed by atoms with van der Waals surface area (Å²) in [6, 6.07) is 16.7. The van der Waals surface area contributed by atoms with Gasteiger partial charge >= 0.3 is 5.63 Å². The molecule has 1 aromatic heterocycles. The molecule has 4 heteroatoms. The smallest absolute Gasteiger partial charge is 0.379 e. The molecule has 0 aliphatic heterocycles. The van der Waals surface area contributed by atoms with Crippen molar-refractivity contribution in [3.05, 3.63) is 70.6 Å². The highest BCUT2D eigenvalue weighted by Crippen LogP contribution is 2.22. The Kier molecular flexibility index (Phi) is 3.60. The van der Waals surface area contributed by atoms with E-state index in [0.29, 0.717) is 17.9 Å². The molecule has 0 aliphatic rings. The van der Waals surface area contributed by atoms with Crippen LogP contribution in [0.2, 0.25) is 0 Å². The molecule has 0 saturated carbocycles. The quantitative estimate of drug-likeness (QED) is 0.688. The maximum atomic E-state index is 11.9. The third kappa shape index (κ3) is 2.89. The maximum Gasteiger partial charge on any atom is 0.379 e. The predicted octanol–water partition coefficient (Wildman–Crippen LogP) is 3.38.